The third-order valence-electron chi connectivity index (χ3n) is 13.6. The third kappa shape index (κ3) is 54.9. The van der Waals surface area contributed by atoms with Crippen LogP contribution in [0.3, 0.4) is 0 Å². The number of carbonyl (C=O) groups excluding carboxylic acids is 2. The highest BCUT2D eigenvalue weighted by molar-refractivity contribution is 5.69. The van der Waals surface area contributed by atoms with Crippen molar-refractivity contribution in [1.29, 1.82) is 0 Å². The molecule has 0 radical (unpaired) electrons. The van der Waals surface area contributed by atoms with Gasteiger partial charge in [-0.3, -0.25) is 9.59 Å². The van der Waals surface area contributed by atoms with Crippen LogP contribution in [-0.4, -0.2) is 109 Å². The van der Waals surface area contributed by atoms with E-state index in [0.717, 1.165) is 103 Å². The molecule has 0 heterocycles. The Morgan fingerprint density at radius 1 is 0.306 bits per heavy atom. The molecule has 1 atom stereocenters. The van der Waals surface area contributed by atoms with Crippen molar-refractivity contribution in [2.45, 2.75) is 303 Å². The Hall–Kier alpha value is -1.34. The molecule has 0 aromatic heterocycles. The van der Waals surface area contributed by atoms with Crippen LogP contribution < -0.4 is 5.73 Å². The molecule has 430 valence electrons. The Labute approximate surface area is 445 Å². The monoisotopic (exact) mass is 1030 g/mol. The summed E-state index contributed by atoms with van der Waals surface area (Å²) < 4.78 is 47.0. The number of hydrogen-bond acceptors (Lipinski definition) is 11. The summed E-state index contributed by atoms with van der Waals surface area (Å²) in [6, 6.07) is 0. The summed E-state index contributed by atoms with van der Waals surface area (Å²) in [5.41, 5.74) is 5.44. The molecule has 0 spiro atoms. The lowest BCUT2D eigenvalue weighted by Crippen LogP contribution is -2.27. The molecule has 0 bridgehead atoms. The normalized spacial score (nSPS) is 12.2. The molecule has 0 aromatic carbocycles. The predicted molar refractivity (Wildman–Crippen MR) is 300 cm³/mol. The minimum Gasteiger partial charge on any atom is -0.462 e. The van der Waals surface area contributed by atoms with E-state index in [1.165, 1.54) is 141 Å². The molecule has 0 aliphatic heterocycles. The third-order valence-corrected chi connectivity index (χ3v) is 13.6. The number of carbonyl (C=O) groups is 2. The van der Waals surface area contributed by atoms with E-state index < -0.39 is 0 Å². The summed E-state index contributed by atoms with van der Waals surface area (Å²) >= 11 is 0. The number of esters is 2. The summed E-state index contributed by atoms with van der Waals surface area (Å²) in [6.07, 6.45) is 45.7. The van der Waals surface area contributed by atoms with Crippen molar-refractivity contribution in [3.8, 4) is 0 Å². The van der Waals surface area contributed by atoms with E-state index >= 15 is 0 Å². The average molecular weight is 1030 g/mol. The fraction of sp³-hybridized carbons (Fsp3) is 0.967. The second-order valence-electron chi connectivity index (χ2n) is 20.8. The van der Waals surface area contributed by atoms with Crippen molar-refractivity contribution in [3.63, 3.8) is 0 Å². The first-order valence-corrected chi connectivity index (χ1v) is 31.1. The van der Waals surface area contributed by atoms with E-state index in [9.17, 15) is 9.59 Å². The first-order valence-electron chi connectivity index (χ1n) is 31.1. The molecule has 0 rings (SSSR count). The van der Waals surface area contributed by atoms with E-state index in [-0.39, 0.29) is 30.3 Å². The van der Waals surface area contributed by atoms with Gasteiger partial charge in [0.25, 0.3) is 0 Å². The molecule has 0 saturated carbocycles. The van der Waals surface area contributed by atoms with Crippen molar-refractivity contribution >= 4 is 11.9 Å². The number of hydrogen-bond donors (Lipinski definition) is 1. The molecule has 0 aliphatic carbocycles. The maximum Gasteiger partial charge on any atom is 0.306 e. The van der Waals surface area contributed by atoms with Crippen molar-refractivity contribution in [3.05, 3.63) is 0 Å². The van der Waals surface area contributed by atoms with Crippen LogP contribution in [-0.2, 0) is 47.5 Å². The van der Waals surface area contributed by atoms with Crippen LogP contribution in [0.4, 0.5) is 0 Å². The highest BCUT2D eigenvalue weighted by atomic mass is 16.6. The van der Waals surface area contributed by atoms with E-state index in [1.807, 2.05) is 0 Å². The lowest BCUT2D eigenvalue weighted by Gasteiger charge is -2.19. The minimum absolute atomic E-state index is 0.00701. The molecule has 0 aliphatic rings. The summed E-state index contributed by atoms with van der Waals surface area (Å²) in [5, 5.41) is 0. The zero-order valence-corrected chi connectivity index (χ0v) is 48.2. The molecular formula is C61H121NO10. The van der Waals surface area contributed by atoms with Gasteiger partial charge < -0.3 is 43.6 Å². The Morgan fingerprint density at radius 3 is 0.972 bits per heavy atom. The molecule has 0 saturated heterocycles. The Balaban J connectivity index is 4.60. The topological polar surface area (TPSA) is 134 Å². The average Bonchev–Trinajstić information content (AvgIpc) is 3.38. The molecule has 0 fully saturated rings. The second-order valence-corrected chi connectivity index (χ2v) is 20.8. The molecule has 11 heteroatoms. The summed E-state index contributed by atoms with van der Waals surface area (Å²) in [5.74, 6) is -0.0171. The Bertz CT molecular complexity index is 1040. The first kappa shape index (κ1) is 70.7. The molecular weight excluding hydrogens is 907 g/mol. The summed E-state index contributed by atoms with van der Waals surface area (Å²) in [6.45, 7) is 15.4. The standard InChI is InChI=1S/C61H121NO10/c1-5-9-13-17-23-31-39-57(40-32-24-18-14-10-6-2)71-60(63)43-35-27-21-29-37-46-68-55-59(56-69-54-53-67-52-51-66-50-49-65-48-45-62)70-47-38-30-22-28-36-44-61(64)72-58(41-33-25-19-15-11-7-3)42-34-26-20-16-12-8-4/h57-59H,5-56,62H2,1-4H3. The van der Waals surface area contributed by atoms with Gasteiger partial charge in [-0.15, -0.1) is 0 Å². The van der Waals surface area contributed by atoms with Gasteiger partial charge >= 0.3 is 11.9 Å². The van der Waals surface area contributed by atoms with Gasteiger partial charge in [-0.2, -0.15) is 0 Å². The molecule has 0 amide bonds. The zero-order valence-electron chi connectivity index (χ0n) is 48.2. The van der Waals surface area contributed by atoms with Crippen LogP contribution in [0.5, 0.6) is 0 Å². The molecule has 2 N–H and O–H groups in total. The van der Waals surface area contributed by atoms with Crippen molar-refractivity contribution < 1.29 is 47.5 Å². The van der Waals surface area contributed by atoms with Gasteiger partial charge in [-0.25, -0.2) is 0 Å². The molecule has 1 unspecified atom stereocenters. The second kappa shape index (κ2) is 60.5. The van der Waals surface area contributed by atoms with Crippen LogP contribution in [0.1, 0.15) is 285 Å². The summed E-state index contributed by atoms with van der Waals surface area (Å²) in [7, 11) is 0. The van der Waals surface area contributed by atoms with Gasteiger partial charge in [-0.1, -0.05) is 195 Å². The molecule has 11 nitrogen and oxygen atoms in total. The fourth-order valence-electron chi connectivity index (χ4n) is 9.10. The van der Waals surface area contributed by atoms with Crippen LogP contribution in [0, 0.1) is 0 Å². The predicted octanol–water partition coefficient (Wildman–Crippen LogP) is 15.9. The number of rotatable bonds is 62. The van der Waals surface area contributed by atoms with Crippen LogP contribution in [0.2, 0.25) is 0 Å². The minimum atomic E-state index is -0.144. The lowest BCUT2D eigenvalue weighted by atomic mass is 10.0. The van der Waals surface area contributed by atoms with Crippen LogP contribution in [0.25, 0.3) is 0 Å². The van der Waals surface area contributed by atoms with E-state index in [1.54, 1.807) is 0 Å². The Morgan fingerprint density at radius 2 is 0.597 bits per heavy atom. The van der Waals surface area contributed by atoms with Gasteiger partial charge in [0, 0.05) is 32.6 Å². The maximum atomic E-state index is 12.9. The summed E-state index contributed by atoms with van der Waals surface area (Å²) in [4.78, 5) is 25.7. The van der Waals surface area contributed by atoms with Crippen LogP contribution in [0.15, 0.2) is 0 Å². The maximum absolute atomic E-state index is 12.9. The van der Waals surface area contributed by atoms with E-state index in [2.05, 4.69) is 27.7 Å². The SMILES string of the molecule is CCCCCCCCC(CCCCCCCC)OC(=O)CCCCCCCOCC(COCCOCCOCCOCCN)OCCCCCCCC(=O)OC(CCCCCCCC)CCCCCCCC. The van der Waals surface area contributed by atoms with Gasteiger partial charge in [0.15, 0.2) is 0 Å². The number of unbranched alkanes of at least 4 members (excludes halogenated alkanes) is 28. The molecule has 0 aromatic rings. The van der Waals surface area contributed by atoms with Crippen LogP contribution >= 0.6 is 0 Å². The largest absolute Gasteiger partial charge is 0.462 e. The van der Waals surface area contributed by atoms with Crippen molar-refractivity contribution in [2.75, 3.05) is 79.2 Å². The first-order chi connectivity index (χ1) is 35.5. The van der Waals surface area contributed by atoms with Gasteiger partial charge in [0.2, 0.25) is 0 Å². The zero-order chi connectivity index (χ0) is 52.3. The van der Waals surface area contributed by atoms with E-state index in [4.69, 9.17) is 43.6 Å². The molecule has 72 heavy (non-hydrogen) atoms. The number of ether oxygens (including phenoxy) is 8. The van der Waals surface area contributed by atoms with Crippen molar-refractivity contribution in [2.24, 2.45) is 5.73 Å². The lowest BCUT2D eigenvalue weighted by molar-refractivity contribution is -0.151. The van der Waals surface area contributed by atoms with Gasteiger partial charge in [-0.05, 0) is 77.0 Å². The quantitative estimate of drug-likeness (QED) is 0.0461. The highest BCUT2D eigenvalue weighted by Crippen LogP contribution is 2.20. The smallest absolute Gasteiger partial charge is 0.306 e. The highest BCUT2D eigenvalue weighted by Gasteiger charge is 2.16. The fourth-order valence-corrected chi connectivity index (χ4v) is 9.10. The van der Waals surface area contributed by atoms with Crippen molar-refractivity contribution in [1.82, 2.24) is 0 Å². The van der Waals surface area contributed by atoms with Gasteiger partial charge in [0.05, 0.1) is 59.5 Å². The van der Waals surface area contributed by atoms with E-state index in [0.29, 0.717) is 92.1 Å². The number of nitrogens with two attached hydrogens (primary N) is 1. The Kier molecular flexibility index (Phi) is 59.4. The van der Waals surface area contributed by atoms with Gasteiger partial charge in [0.1, 0.15) is 18.3 Å².